The summed E-state index contributed by atoms with van der Waals surface area (Å²) in [5.41, 5.74) is 7.77. The van der Waals surface area contributed by atoms with Gasteiger partial charge in [0.15, 0.2) is 5.11 Å². The Hall–Kier alpha value is -1.92. The van der Waals surface area contributed by atoms with Crippen LogP contribution in [0.3, 0.4) is 0 Å². The fraction of sp³-hybridized carbons (Fsp3) is 0.294. The number of thiophene rings is 1. The van der Waals surface area contributed by atoms with E-state index in [1.807, 2.05) is 31.2 Å². The molecule has 2 aromatic rings. The summed E-state index contributed by atoms with van der Waals surface area (Å²) in [6.07, 6.45) is 1.82. The van der Waals surface area contributed by atoms with Gasteiger partial charge in [-0.25, -0.2) is 0 Å². The molecule has 4 nitrogen and oxygen atoms in total. The Kier molecular flexibility index (Phi) is 6.55. The monoisotopic (exact) mass is 347 g/mol. The van der Waals surface area contributed by atoms with Gasteiger partial charge in [0.1, 0.15) is 0 Å². The number of nitrogens with one attached hydrogen (secondary N) is 3. The average molecular weight is 348 g/mol. The first-order valence-electron chi connectivity index (χ1n) is 7.57. The van der Waals surface area contributed by atoms with Crippen LogP contribution in [0.15, 0.2) is 36.4 Å². The molecule has 0 saturated carbocycles. The van der Waals surface area contributed by atoms with E-state index in [-0.39, 0.29) is 5.91 Å². The van der Waals surface area contributed by atoms with E-state index in [0.29, 0.717) is 16.5 Å². The van der Waals surface area contributed by atoms with Crippen molar-refractivity contribution in [2.45, 2.75) is 26.7 Å². The van der Waals surface area contributed by atoms with Crippen molar-refractivity contribution in [3.05, 3.63) is 57.3 Å². The molecule has 0 aliphatic heterocycles. The number of hydrogen-bond acceptors (Lipinski definition) is 3. The topological polar surface area (TPSA) is 53.2 Å². The molecule has 0 radical (unpaired) electrons. The Balaban J connectivity index is 1.72. The minimum absolute atomic E-state index is 0.162. The van der Waals surface area contributed by atoms with Gasteiger partial charge in [-0.05, 0) is 49.2 Å². The smallest absolute Gasteiger partial charge is 0.279 e. The molecule has 1 heterocycles. The summed E-state index contributed by atoms with van der Waals surface area (Å²) in [6, 6.07) is 12.1. The normalized spacial score (nSPS) is 10.2. The van der Waals surface area contributed by atoms with Crippen molar-refractivity contribution >= 4 is 34.6 Å². The summed E-state index contributed by atoms with van der Waals surface area (Å²) >= 11 is 6.68. The fourth-order valence-corrected chi connectivity index (χ4v) is 3.33. The van der Waals surface area contributed by atoms with Crippen LogP contribution in [0.1, 0.15) is 32.6 Å². The summed E-state index contributed by atoms with van der Waals surface area (Å²) in [5, 5.41) is 3.49. The van der Waals surface area contributed by atoms with Gasteiger partial charge < -0.3 is 5.32 Å². The van der Waals surface area contributed by atoms with Gasteiger partial charge in [-0.15, -0.1) is 11.3 Å². The Labute approximate surface area is 146 Å². The van der Waals surface area contributed by atoms with Crippen LogP contribution >= 0.6 is 23.6 Å². The zero-order chi connectivity index (χ0) is 16.7. The Bertz CT molecular complexity index is 668. The molecular formula is C17H21N3OS2. The number of carbonyl (C=O) groups is 1. The van der Waals surface area contributed by atoms with Crippen LogP contribution in [-0.2, 0) is 12.8 Å². The second-order valence-electron chi connectivity index (χ2n) is 5.14. The molecule has 0 spiro atoms. The molecule has 6 heteroatoms. The van der Waals surface area contributed by atoms with Crippen LogP contribution in [0.2, 0.25) is 0 Å². The minimum Gasteiger partial charge on any atom is -0.361 e. The third-order valence-electron chi connectivity index (χ3n) is 3.40. The molecule has 1 aromatic heterocycles. The molecule has 0 fully saturated rings. The maximum atomic E-state index is 12.1. The Morgan fingerprint density at radius 2 is 1.96 bits per heavy atom. The highest BCUT2D eigenvalue weighted by atomic mass is 32.1. The first kappa shape index (κ1) is 17.4. The van der Waals surface area contributed by atoms with E-state index in [1.54, 1.807) is 0 Å². The highest BCUT2D eigenvalue weighted by Crippen LogP contribution is 2.21. The van der Waals surface area contributed by atoms with Gasteiger partial charge in [0.05, 0.1) is 4.88 Å². The van der Waals surface area contributed by atoms with Crippen LogP contribution in [0.25, 0.3) is 0 Å². The van der Waals surface area contributed by atoms with Crippen molar-refractivity contribution in [3.8, 4) is 0 Å². The lowest BCUT2D eigenvalue weighted by molar-refractivity contribution is 0.0947. The van der Waals surface area contributed by atoms with E-state index in [0.717, 1.165) is 18.4 Å². The lowest BCUT2D eigenvalue weighted by Gasteiger charge is -2.11. The van der Waals surface area contributed by atoms with Crippen molar-refractivity contribution in [3.63, 3.8) is 0 Å². The molecule has 1 aromatic carbocycles. The molecule has 122 valence electrons. The van der Waals surface area contributed by atoms with E-state index in [9.17, 15) is 4.79 Å². The average Bonchev–Trinajstić information content (AvgIpc) is 2.94. The number of rotatable bonds is 5. The highest BCUT2D eigenvalue weighted by molar-refractivity contribution is 7.80. The Morgan fingerprint density at radius 3 is 2.61 bits per heavy atom. The molecule has 2 rings (SSSR count). The van der Waals surface area contributed by atoms with Crippen molar-refractivity contribution in [1.29, 1.82) is 0 Å². The summed E-state index contributed by atoms with van der Waals surface area (Å²) < 4.78 is 0. The van der Waals surface area contributed by atoms with Crippen molar-refractivity contribution in [2.75, 3.05) is 6.54 Å². The number of benzene rings is 1. The molecule has 0 aliphatic carbocycles. The molecule has 0 bridgehead atoms. The van der Waals surface area contributed by atoms with Crippen LogP contribution in [-0.4, -0.2) is 17.6 Å². The Morgan fingerprint density at radius 1 is 1.22 bits per heavy atom. The number of thiocarbonyl (C=S) groups is 1. The highest BCUT2D eigenvalue weighted by Gasteiger charge is 2.11. The largest absolute Gasteiger partial charge is 0.361 e. The number of hydrazine groups is 1. The predicted molar refractivity (Wildman–Crippen MR) is 99.8 cm³/mol. The van der Waals surface area contributed by atoms with Gasteiger partial charge in [0.2, 0.25) is 0 Å². The minimum atomic E-state index is -0.162. The van der Waals surface area contributed by atoms with Gasteiger partial charge in [-0.3, -0.25) is 15.6 Å². The molecule has 0 atom stereocenters. The number of hydrogen-bond donors (Lipinski definition) is 3. The van der Waals surface area contributed by atoms with E-state index in [2.05, 4.69) is 35.2 Å². The zero-order valence-corrected chi connectivity index (χ0v) is 14.9. The van der Waals surface area contributed by atoms with Crippen LogP contribution in [0.5, 0.6) is 0 Å². The maximum absolute atomic E-state index is 12.1. The van der Waals surface area contributed by atoms with Gasteiger partial charge in [-0.1, -0.05) is 37.3 Å². The molecular weight excluding hydrogens is 326 g/mol. The molecule has 23 heavy (non-hydrogen) atoms. The SMILES string of the molecule is CCc1sc(C(=O)NNC(=S)NCCc2ccccc2)cc1C. The molecule has 1 amide bonds. The third kappa shape index (κ3) is 5.33. The van der Waals surface area contributed by atoms with E-state index >= 15 is 0 Å². The summed E-state index contributed by atoms with van der Waals surface area (Å²) in [5.74, 6) is -0.162. The molecule has 0 aliphatic rings. The first-order valence-corrected chi connectivity index (χ1v) is 8.80. The van der Waals surface area contributed by atoms with Crippen LogP contribution in [0, 0.1) is 6.92 Å². The number of amides is 1. The number of carbonyl (C=O) groups excluding carboxylic acids is 1. The summed E-state index contributed by atoms with van der Waals surface area (Å²) in [6.45, 7) is 4.82. The lowest BCUT2D eigenvalue weighted by atomic mass is 10.1. The molecule has 0 saturated heterocycles. The van der Waals surface area contributed by atoms with Gasteiger partial charge in [0, 0.05) is 11.4 Å². The lowest BCUT2D eigenvalue weighted by Crippen LogP contribution is -2.47. The number of aryl methyl sites for hydroxylation is 2. The standard InChI is InChI=1S/C17H21N3OS2/c1-3-14-12(2)11-15(23-14)16(21)19-20-17(22)18-10-9-13-7-5-4-6-8-13/h4-8,11H,3,9-10H2,1-2H3,(H,19,21)(H2,18,20,22). The van der Waals surface area contributed by atoms with Gasteiger partial charge in [-0.2, -0.15) is 0 Å². The zero-order valence-electron chi connectivity index (χ0n) is 13.3. The van der Waals surface area contributed by atoms with Crippen molar-refractivity contribution in [2.24, 2.45) is 0 Å². The predicted octanol–water partition coefficient (Wildman–Crippen LogP) is 2.97. The van der Waals surface area contributed by atoms with Crippen LogP contribution < -0.4 is 16.2 Å². The molecule has 0 unspecified atom stereocenters. The van der Waals surface area contributed by atoms with Crippen molar-refractivity contribution < 1.29 is 4.79 Å². The quantitative estimate of drug-likeness (QED) is 0.575. The summed E-state index contributed by atoms with van der Waals surface area (Å²) in [7, 11) is 0. The van der Waals surface area contributed by atoms with E-state index in [1.165, 1.54) is 21.8 Å². The first-order chi connectivity index (χ1) is 11.1. The second kappa shape index (κ2) is 8.64. The fourth-order valence-electron chi connectivity index (χ4n) is 2.17. The van der Waals surface area contributed by atoms with Gasteiger partial charge >= 0.3 is 0 Å². The van der Waals surface area contributed by atoms with Crippen molar-refractivity contribution in [1.82, 2.24) is 16.2 Å². The second-order valence-corrected chi connectivity index (χ2v) is 6.69. The van der Waals surface area contributed by atoms with Gasteiger partial charge in [0.25, 0.3) is 5.91 Å². The van der Waals surface area contributed by atoms with Crippen LogP contribution in [0.4, 0.5) is 0 Å². The summed E-state index contributed by atoms with van der Waals surface area (Å²) in [4.78, 5) is 14.0. The maximum Gasteiger partial charge on any atom is 0.279 e. The third-order valence-corrected chi connectivity index (χ3v) is 5.02. The van der Waals surface area contributed by atoms with E-state index in [4.69, 9.17) is 12.2 Å². The molecule has 3 N–H and O–H groups in total. The van der Waals surface area contributed by atoms with E-state index < -0.39 is 0 Å².